The van der Waals surface area contributed by atoms with Gasteiger partial charge in [-0.3, -0.25) is 4.79 Å². The third-order valence-electron chi connectivity index (χ3n) is 2.78. The molecule has 17 heavy (non-hydrogen) atoms. The summed E-state index contributed by atoms with van der Waals surface area (Å²) in [6.45, 7) is 3.66. The summed E-state index contributed by atoms with van der Waals surface area (Å²) in [7, 11) is 0. The van der Waals surface area contributed by atoms with E-state index in [1.54, 1.807) is 6.92 Å². The van der Waals surface area contributed by atoms with E-state index in [1.807, 2.05) is 36.4 Å². The van der Waals surface area contributed by atoms with Crippen molar-refractivity contribution in [2.24, 2.45) is 0 Å². The summed E-state index contributed by atoms with van der Waals surface area (Å²) in [5, 5.41) is 0. The van der Waals surface area contributed by atoms with Crippen LogP contribution in [0, 0.1) is 6.92 Å². The van der Waals surface area contributed by atoms with Gasteiger partial charge in [-0.1, -0.05) is 46.3 Å². The fourth-order valence-corrected chi connectivity index (χ4v) is 2.43. The minimum atomic E-state index is 0.0999. The van der Waals surface area contributed by atoms with Crippen LogP contribution in [0.2, 0.25) is 0 Å². The van der Waals surface area contributed by atoms with Crippen LogP contribution in [0.3, 0.4) is 0 Å². The molecule has 0 aromatic heterocycles. The molecule has 0 aliphatic carbocycles. The van der Waals surface area contributed by atoms with E-state index >= 15 is 0 Å². The maximum absolute atomic E-state index is 11.6. The van der Waals surface area contributed by atoms with E-state index in [4.69, 9.17) is 0 Å². The van der Waals surface area contributed by atoms with Gasteiger partial charge in [0, 0.05) is 10.0 Å². The van der Waals surface area contributed by atoms with Gasteiger partial charge in [-0.15, -0.1) is 0 Å². The fourth-order valence-electron chi connectivity index (χ4n) is 1.95. The van der Waals surface area contributed by atoms with E-state index in [-0.39, 0.29) is 5.78 Å². The standard InChI is InChI=1S/C15H13BrO/c1-10-9-12(16)7-8-13(10)15-6-4-3-5-14(15)11(2)17/h3-9H,1-2H3. The first-order chi connectivity index (χ1) is 8.09. The molecule has 0 heterocycles. The Hall–Kier alpha value is -1.41. The smallest absolute Gasteiger partial charge is 0.160 e. The molecule has 0 fully saturated rings. The Morgan fingerprint density at radius 3 is 2.41 bits per heavy atom. The van der Waals surface area contributed by atoms with Gasteiger partial charge in [0.05, 0.1) is 0 Å². The number of halogens is 1. The first-order valence-corrected chi connectivity index (χ1v) is 6.25. The molecule has 0 bridgehead atoms. The minimum Gasteiger partial charge on any atom is -0.294 e. The van der Waals surface area contributed by atoms with Gasteiger partial charge in [-0.25, -0.2) is 0 Å². The van der Waals surface area contributed by atoms with Gasteiger partial charge in [0.15, 0.2) is 5.78 Å². The van der Waals surface area contributed by atoms with Gasteiger partial charge in [-0.05, 0) is 42.7 Å². The lowest BCUT2D eigenvalue weighted by Gasteiger charge is -2.10. The molecule has 2 aromatic rings. The molecule has 0 amide bonds. The number of hydrogen-bond donors (Lipinski definition) is 0. The molecule has 0 aliphatic heterocycles. The van der Waals surface area contributed by atoms with Crippen LogP contribution in [0.4, 0.5) is 0 Å². The molecule has 2 heteroatoms. The highest BCUT2D eigenvalue weighted by Gasteiger charge is 2.10. The second kappa shape index (κ2) is 4.84. The predicted molar refractivity (Wildman–Crippen MR) is 74.3 cm³/mol. The zero-order valence-corrected chi connectivity index (χ0v) is 11.4. The lowest BCUT2D eigenvalue weighted by atomic mass is 9.94. The molecule has 2 aromatic carbocycles. The van der Waals surface area contributed by atoms with Crippen molar-refractivity contribution in [3.05, 3.63) is 58.1 Å². The summed E-state index contributed by atoms with van der Waals surface area (Å²) < 4.78 is 1.05. The molecular formula is C15H13BrO. The van der Waals surface area contributed by atoms with Gasteiger partial charge >= 0.3 is 0 Å². The molecule has 86 valence electrons. The van der Waals surface area contributed by atoms with Crippen molar-refractivity contribution in [3.63, 3.8) is 0 Å². The summed E-state index contributed by atoms with van der Waals surface area (Å²) >= 11 is 3.45. The monoisotopic (exact) mass is 288 g/mol. The van der Waals surface area contributed by atoms with E-state index in [1.165, 1.54) is 0 Å². The topological polar surface area (TPSA) is 17.1 Å². The van der Waals surface area contributed by atoms with Crippen LogP contribution in [0.25, 0.3) is 11.1 Å². The Morgan fingerprint density at radius 1 is 1.06 bits per heavy atom. The number of benzene rings is 2. The van der Waals surface area contributed by atoms with Crippen molar-refractivity contribution in [3.8, 4) is 11.1 Å². The Balaban J connectivity index is 2.64. The van der Waals surface area contributed by atoms with Crippen LogP contribution in [0.5, 0.6) is 0 Å². The number of aryl methyl sites for hydroxylation is 1. The average molecular weight is 289 g/mol. The SMILES string of the molecule is CC(=O)c1ccccc1-c1ccc(Br)cc1C. The minimum absolute atomic E-state index is 0.0999. The largest absolute Gasteiger partial charge is 0.294 e. The average Bonchev–Trinajstić information content (AvgIpc) is 2.29. The molecule has 0 saturated carbocycles. The molecule has 0 atom stereocenters. The van der Waals surface area contributed by atoms with Gasteiger partial charge in [0.1, 0.15) is 0 Å². The Labute approximate surface area is 110 Å². The summed E-state index contributed by atoms with van der Waals surface area (Å²) in [6, 6.07) is 13.8. The van der Waals surface area contributed by atoms with Crippen molar-refractivity contribution in [2.45, 2.75) is 13.8 Å². The van der Waals surface area contributed by atoms with Crippen molar-refractivity contribution in [1.82, 2.24) is 0 Å². The molecule has 0 aliphatic rings. The van der Waals surface area contributed by atoms with Gasteiger partial charge in [0.2, 0.25) is 0 Å². The molecule has 0 saturated heterocycles. The predicted octanol–water partition coefficient (Wildman–Crippen LogP) is 4.63. The van der Waals surface area contributed by atoms with Crippen LogP contribution >= 0.6 is 15.9 Å². The fraction of sp³-hybridized carbons (Fsp3) is 0.133. The quantitative estimate of drug-likeness (QED) is 0.737. The van der Waals surface area contributed by atoms with Gasteiger partial charge < -0.3 is 0 Å². The highest BCUT2D eigenvalue weighted by molar-refractivity contribution is 9.10. The van der Waals surface area contributed by atoms with E-state index < -0.39 is 0 Å². The number of carbonyl (C=O) groups excluding carboxylic acids is 1. The maximum Gasteiger partial charge on any atom is 0.160 e. The van der Waals surface area contributed by atoms with Crippen molar-refractivity contribution >= 4 is 21.7 Å². The van der Waals surface area contributed by atoms with E-state index in [0.717, 1.165) is 26.7 Å². The zero-order chi connectivity index (χ0) is 12.4. The summed E-state index contributed by atoms with van der Waals surface area (Å²) in [4.78, 5) is 11.6. The zero-order valence-electron chi connectivity index (χ0n) is 9.83. The van der Waals surface area contributed by atoms with Crippen molar-refractivity contribution in [2.75, 3.05) is 0 Å². The Bertz CT molecular complexity index is 573. The van der Waals surface area contributed by atoms with Gasteiger partial charge in [0.25, 0.3) is 0 Å². The van der Waals surface area contributed by atoms with Crippen LogP contribution < -0.4 is 0 Å². The lowest BCUT2D eigenvalue weighted by molar-refractivity contribution is 0.101. The van der Waals surface area contributed by atoms with Crippen LogP contribution in [0.1, 0.15) is 22.8 Å². The normalized spacial score (nSPS) is 10.3. The number of carbonyl (C=O) groups is 1. The second-order valence-electron chi connectivity index (χ2n) is 4.06. The van der Waals surface area contributed by atoms with E-state index in [2.05, 4.69) is 28.9 Å². The first-order valence-electron chi connectivity index (χ1n) is 5.46. The summed E-state index contributed by atoms with van der Waals surface area (Å²) in [5.41, 5.74) is 4.05. The Morgan fingerprint density at radius 2 is 1.76 bits per heavy atom. The molecule has 0 radical (unpaired) electrons. The second-order valence-corrected chi connectivity index (χ2v) is 4.98. The maximum atomic E-state index is 11.6. The molecule has 0 spiro atoms. The number of hydrogen-bond acceptors (Lipinski definition) is 1. The first kappa shape index (κ1) is 12.1. The number of Topliss-reactive ketones (excluding diaryl/α,β-unsaturated/α-hetero) is 1. The van der Waals surface area contributed by atoms with Crippen LogP contribution in [0.15, 0.2) is 46.9 Å². The lowest BCUT2D eigenvalue weighted by Crippen LogP contribution is -1.96. The molecule has 1 nitrogen and oxygen atoms in total. The number of rotatable bonds is 2. The van der Waals surface area contributed by atoms with Crippen LogP contribution in [-0.4, -0.2) is 5.78 Å². The van der Waals surface area contributed by atoms with E-state index in [9.17, 15) is 4.79 Å². The third kappa shape index (κ3) is 2.47. The Kier molecular flexibility index (Phi) is 3.43. The molecule has 0 N–H and O–H groups in total. The van der Waals surface area contributed by atoms with Gasteiger partial charge in [-0.2, -0.15) is 0 Å². The number of ketones is 1. The van der Waals surface area contributed by atoms with Crippen molar-refractivity contribution in [1.29, 1.82) is 0 Å². The molecular weight excluding hydrogens is 276 g/mol. The summed E-state index contributed by atoms with van der Waals surface area (Å²) in [5.74, 6) is 0.0999. The van der Waals surface area contributed by atoms with E-state index in [0.29, 0.717) is 0 Å². The van der Waals surface area contributed by atoms with Crippen molar-refractivity contribution < 1.29 is 4.79 Å². The molecule has 2 rings (SSSR count). The van der Waals surface area contributed by atoms with Crippen LogP contribution in [-0.2, 0) is 0 Å². The highest BCUT2D eigenvalue weighted by Crippen LogP contribution is 2.29. The highest BCUT2D eigenvalue weighted by atomic mass is 79.9. The summed E-state index contributed by atoms with van der Waals surface area (Å²) in [6.07, 6.45) is 0. The molecule has 0 unspecified atom stereocenters. The third-order valence-corrected chi connectivity index (χ3v) is 3.28.